The number of carboxylic acids is 1. The fraction of sp³-hybridized carbons (Fsp3) is 0.556. The lowest BCUT2D eigenvalue weighted by Crippen LogP contribution is -2.38. The second-order valence-electron chi connectivity index (χ2n) is 6.38. The van der Waals surface area contributed by atoms with Crippen LogP contribution in [-0.4, -0.2) is 66.1 Å². The summed E-state index contributed by atoms with van der Waals surface area (Å²) in [6.07, 6.45) is 2.58. The summed E-state index contributed by atoms with van der Waals surface area (Å²) < 4.78 is 5.59. The van der Waals surface area contributed by atoms with Gasteiger partial charge in [-0.2, -0.15) is 0 Å². The van der Waals surface area contributed by atoms with E-state index in [4.69, 9.17) is 9.84 Å². The summed E-state index contributed by atoms with van der Waals surface area (Å²) in [5, 5.41) is 8.90. The van der Waals surface area contributed by atoms with Crippen molar-refractivity contribution in [1.29, 1.82) is 0 Å². The quantitative estimate of drug-likeness (QED) is 0.858. The Bertz CT molecular complexity index is 576. The van der Waals surface area contributed by atoms with Crippen molar-refractivity contribution in [1.82, 2.24) is 9.80 Å². The number of carboxylic acid groups (broad SMARTS) is 1. The Labute approximate surface area is 143 Å². The average Bonchev–Trinajstić information content (AvgIpc) is 2.78. The minimum Gasteiger partial charge on any atom is -0.484 e. The lowest BCUT2D eigenvalue weighted by Gasteiger charge is -2.25. The van der Waals surface area contributed by atoms with Crippen molar-refractivity contribution in [3.63, 3.8) is 0 Å². The maximum absolute atomic E-state index is 12.4. The van der Waals surface area contributed by atoms with Crippen LogP contribution in [0, 0.1) is 6.92 Å². The first kappa shape index (κ1) is 18.3. The molecule has 1 saturated heterocycles. The third-order valence-electron chi connectivity index (χ3n) is 4.41. The van der Waals surface area contributed by atoms with Crippen molar-refractivity contribution < 1.29 is 19.4 Å². The molecule has 1 atom stereocenters. The van der Waals surface area contributed by atoms with Gasteiger partial charge in [0.15, 0.2) is 6.61 Å². The molecular weight excluding hydrogens is 308 g/mol. The molecule has 1 N–H and O–H groups in total. The fourth-order valence-electron chi connectivity index (χ4n) is 3.05. The number of nitrogens with zero attached hydrogens (tertiary/aromatic N) is 2. The van der Waals surface area contributed by atoms with Crippen LogP contribution in [0.2, 0.25) is 0 Å². The van der Waals surface area contributed by atoms with Crippen LogP contribution in [0.25, 0.3) is 0 Å². The van der Waals surface area contributed by atoms with Crippen LogP contribution in [0.5, 0.6) is 5.75 Å². The van der Waals surface area contributed by atoms with Crippen LogP contribution < -0.4 is 4.74 Å². The molecule has 1 unspecified atom stereocenters. The van der Waals surface area contributed by atoms with E-state index < -0.39 is 5.97 Å². The highest BCUT2D eigenvalue weighted by atomic mass is 16.5. The molecule has 0 saturated carbocycles. The van der Waals surface area contributed by atoms with Gasteiger partial charge in [0, 0.05) is 19.1 Å². The van der Waals surface area contributed by atoms with Gasteiger partial charge >= 0.3 is 5.97 Å². The van der Waals surface area contributed by atoms with Gasteiger partial charge in [0.1, 0.15) is 5.75 Å². The van der Waals surface area contributed by atoms with E-state index in [0.717, 1.165) is 24.8 Å². The molecule has 1 aromatic rings. The molecule has 0 spiro atoms. The molecule has 6 heteroatoms. The topological polar surface area (TPSA) is 70.1 Å². The second kappa shape index (κ2) is 8.68. The number of likely N-dealkylation sites (tertiary alicyclic amines) is 1. The van der Waals surface area contributed by atoms with Gasteiger partial charge in [-0.15, -0.1) is 0 Å². The number of aliphatic carboxylic acids is 1. The van der Waals surface area contributed by atoms with E-state index in [0.29, 0.717) is 18.8 Å². The number of aryl methyl sites for hydroxylation is 1. The Kier molecular flexibility index (Phi) is 6.61. The molecule has 132 valence electrons. The van der Waals surface area contributed by atoms with Crippen LogP contribution in [0.4, 0.5) is 0 Å². The number of hydrogen-bond donors (Lipinski definition) is 1. The Morgan fingerprint density at radius 1 is 1.33 bits per heavy atom. The second-order valence-corrected chi connectivity index (χ2v) is 6.38. The SMILES string of the molecule is Cc1cccc(OCC(=O)N2CCCC(N(C)CC(=O)O)CC2)c1. The summed E-state index contributed by atoms with van der Waals surface area (Å²) in [5.41, 5.74) is 1.10. The van der Waals surface area contributed by atoms with Gasteiger partial charge in [-0.1, -0.05) is 12.1 Å². The standard InChI is InChI=1S/C18H26N2O4/c1-14-5-3-7-16(11-14)24-13-17(21)20-9-4-6-15(8-10-20)19(2)12-18(22)23/h3,5,7,11,15H,4,6,8-10,12-13H2,1-2H3,(H,22,23). The molecule has 1 fully saturated rings. The maximum atomic E-state index is 12.4. The van der Waals surface area contributed by atoms with Gasteiger partial charge in [-0.25, -0.2) is 0 Å². The number of hydrogen-bond acceptors (Lipinski definition) is 4. The molecule has 0 aromatic heterocycles. The number of carbonyl (C=O) groups is 2. The smallest absolute Gasteiger partial charge is 0.317 e. The minimum absolute atomic E-state index is 0.0157. The molecule has 1 amide bonds. The fourth-order valence-corrected chi connectivity index (χ4v) is 3.05. The van der Waals surface area contributed by atoms with E-state index >= 15 is 0 Å². The molecule has 24 heavy (non-hydrogen) atoms. The largest absolute Gasteiger partial charge is 0.484 e. The number of ether oxygens (including phenoxy) is 1. The van der Waals surface area contributed by atoms with Crippen LogP contribution in [-0.2, 0) is 9.59 Å². The highest BCUT2D eigenvalue weighted by molar-refractivity contribution is 5.77. The first-order chi connectivity index (χ1) is 11.5. The van der Waals surface area contributed by atoms with Gasteiger partial charge in [0.25, 0.3) is 5.91 Å². The van der Waals surface area contributed by atoms with Gasteiger partial charge in [0.2, 0.25) is 0 Å². The van der Waals surface area contributed by atoms with Gasteiger partial charge in [0.05, 0.1) is 6.54 Å². The normalized spacial score (nSPS) is 18.3. The van der Waals surface area contributed by atoms with Crippen LogP contribution in [0.3, 0.4) is 0 Å². The molecule has 1 aromatic carbocycles. The third kappa shape index (κ3) is 5.53. The van der Waals surface area contributed by atoms with Crippen molar-refractivity contribution in [3.05, 3.63) is 29.8 Å². The molecule has 1 heterocycles. The van der Waals surface area contributed by atoms with Crippen LogP contribution in [0.1, 0.15) is 24.8 Å². The van der Waals surface area contributed by atoms with Gasteiger partial charge in [-0.3, -0.25) is 14.5 Å². The first-order valence-electron chi connectivity index (χ1n) is 8.35. The van der Waals surface area contributed by atoms with E-state index in [1.54, 1.807) is 0 Å². The highest BCUT2D eigenvalue weighted by Crippen LogP contribution is 2.17. The zero-order valence-electron chi connectivity index (χ0n) is 14.4. The number of rotatable bonds is 6. The van der Waals surface area contributed by atoms with E-state index in [-0.39, 0.29) is 25.1 Å². The van der Waals surface area contributed by atoms with E-state index in [1.165, 1.54) is 0 Å². The Balaban J connectivity index is 1.82. The lowest BCUT2D eigenvalue weighted by molar-refractivity contribution is -0.138. The zero-order valence-corrected chi connectivity index (χ0v) is 14.4. The molecule has 6 nitrogen and oxygen atoms in total. The minimum atomic E-state index is -0.818. The van der Waals surface area contributed by atoms with Crippen molar-refractivity contribution in [2.24, 2.45) is 0 Å². The Hall–Kier alpha value is -2.08. The third-order valence-corrected chi connectivity index (χ3v) is 4.41. The Morgan fingerprint density at radius 2 is 2.12 bits per heavy atom. The zero-order chi connectivity index (χ0) is 17.5. The van der Waals surface area contributed by atoms with Crippen molar-refractivity contribution in [2.45, 2.75) is 32.2 Å². The first-order valence-corrected chi connectivity index (χ1v) is 8.35. The van der Waals surface area contributed by atoms with E-state index in [9.17, 15) is 9.59 Å². The summed E-state index contributed by atoms with van der Waals surface area (Å²) in [6, 6.07) is 7.85. The summed E-state index contributed by atoms with van der Waals surface area (Å²) >= 11 is 0. The van der Waals surface area contributed by atoms with Gasteiger partial charge < -0.3 is 14.7 Å². The summed E-state index contributed by atoms with van der Waals surface area (Å²) in [6.45, 7) is 3.41. The lowest BCUT2D eigenvalue weighted by atomic mass is 10.1. The molecule has 0 radical (unpaired) electrons. The number of amides is 1. The highest BCUT2D eigenvalue weighted by Gasteiger charge is 2.24. The van der Waals surface area contributed by atoms with Gasteiger partial charge in [-0.05, 0) is 50.9 Å². The summed E-state index contributed by atoms with van der Waals surface area (Å²) in [7, 11) is 1.83. The monoisotopic (exact) mass is 334 g/mol. The molecule has 0 bridgehead atoms. The van der Waals surface area contributed by atoms with E-state index in [2.05, 4.69) is 0 Å². The maximum Gasteiger partial charge on any atom is 0.317 e. The Morgan fingerprint density at radius 3 is 2.83 bits per heavy atom. The summed E-state index contributed by atoms with van der Waals surface area (Å²) in [5.74, 6) is -0.128. The number of carbonyl (C=O) groups excluding carboxylic acids is 1. The van der Waals surface area contributed by atoms with Crippen LogP contribution in [0.15, 0.2) is 24.3 Å². The molecule has 2 rings (SSSR count). The molecule has 0 aliphatic carbocycles. The van der Waals surface area contributed by atoms with Crippen molar-refractivity contribution in [3.8, 4) is 5.75 Å². The molecular formula is C18H26N2O4. The molecule has 1 aliphatic rings. The average molecular weight is 334 g/mol. The van der Waals surface area contributed by atoms with Crippen molar-refractivity contribution >= 4 is 11.9 Å². The predicted molar refractivity (Wildman–Crippen MR) is 91.2 cm³/mol. The number of likely N-dealkylation sites (N-methyl/N-ethyl adjacent to an activating group) is 1. The van der Waals surface area contributed by atoms with Crippen LogP contribution >= 0.6 is 0 Å². The predicted octanol–water partition coefficient (Wildman–Crippen LogP) is 1.77. The number of benzene rings is 1. The summed E-state index contributed by atoms with van der Waals surface area (Å²) in [4.78, 5) is 26.9. The van der Waals surface area contributed by atoms with E-state index in [1.807, 2.05) is 48.0 Å². The van der Waals surface area contributed by atoms with Crippen molar-refractivity contribution in [2.75, 3.05) is 33.3 Å². The molecule has 1 aliphatic heterocycles.